The fourth-order valence-electron chi connectivity index (χ4n) is 9.69. The summed E-state index contributed by atoms with van der Waals surface area (Å²) >= 11 is 0. The number of ether oxygens (including phenoxy) is 4. The number of anilines is 1. The SMILES string of the molecule is CO[C@H]1/C=C/O[C@@]2(C)Oc3c(C)c(O)c4c(O)c(c(/C=N/N5C(C)CN(Cc6cccc(O)c6)CC5C)c(O)c4c3C2=O)NC(=O)/C(C)=C\C=C\[C@H](C)[C@H](O)[C@@H](C)[C@@H](O)[C@@H](C)[C@H](OC(C)=O)[C@@H]1C. The number of carbonyl (C=O) groups excluding carboxylic acids is 3. The first-order valence-corrected chi connectivity index (χ1v) is 22.9. The number of fused-ring (bicyclic) bond motifs is 14. The summed E-state index contributed by atoms with van der Waals surface area (Å²) in [5.41, 5.74) is 0.454. The highest BCUT2D eigenvalue weighted by molar-refractivity contribution is 6.23. The highest BCUT2D eigenvalue weighted by atomic mass is 16.7. The van der Waals surface area contributed by atoms with Gasteiger partial charge in [-0.05, 0) is 51.5 Å². The Kier molecular flexibility index (Phi) is 15.5. The van der Waals surface area contributed by atoms with Crippen LogP contribution in [0.2, 0.25) is 0 Å². The zero-order valence-electron chi connectivity index (χ0n) is 40.6. The Bertz CT molecular complexity index is 2530. The lowest BCUT2D eigenvalue weighted by atomic mass is 9.78. The number of phenols is 4. The van der Waals surface area contributed by atoms with Crippen LogP contribution in [0.1, 0.15) is 89.4 Å². The van der Waals surface area contributed by atoms with Crippen molar-refractivity contribution in [2.45, 2.75) is 118 Å². The molecule has 368 valence electrons. The number of aliphatic hydroxyl groups excluding tert-OH is 2. The van der Waals surface area contributed by atoms with Crippen LogP contribution in [0.15, 0.2) is 65.5 Å². The van der Waals surface area contributed by atoms with Gasteiger partial charge in [0.2, 0.25) is 0 Å². The number of ketones is 1. The molecule has 0 aromatic heterocycles. The molecule has 68 heavy (non-hydrogen) atoms. The Hall–Kier alpha value is -6.14. The molecule has 17 nitrogen and oxygen atoms in total. The number of aliphatic hydroxyl groups is 2. The molecule has 2 unspecified atom stereocenters. The van der Waals surface area contributed by atoms with Crippen LogP contribution in [0.5, 0.6) is 28.7 Å². The van der Waals surface area contributed by atoms with Crippen molar-refractivity contribution in [2.24, 2.45) is 28.8 Å². The normalized spacial score (nSPS) is 31.5. The third-order valence-electron chi connectivity index (χ3n) is 13.6. The first-order chi connectivity index (χ1) is 32.0. The van der Waals surface area contributed by atoms with Crippen molar-refractivity contribution in [3.63, 3.8) is 0 Å². The van der Waals surface area contributed by atoms with Crippen molar-refractivity contribution < 1.29 is 64.0 Å². The van der Waals surface area contributed by atoms with Gasteiger partial charge >= 0.3 is 11.8 Å². The zero-order valence-corrected chi connectivity index (χ0v) is 40.6. The number of piperazine rings is 1. The number of phenolic OH excluding ortho intramolecular Hbond substituents is 4. The lowest BCUT2D eigenvalue weighted by Crippen LogP contribution is -2.54. The van der Waals surface area contributed by atoms with Gasteiger partial charge in [-0.25, -0.2) is 0 Å². The van der Waals surface area contributed by atoms with Gasteiger partial charge in [-0.2, -0.15) is 5.10 Å². The number of benzene rings is 3. The molecule has 7 rings (SSSR count). The number of hydrogen-bond acceptors (Lipinski definition) is 16. The number of amides is 1. The highest BCUT2D eigenvalue weighted by Gasteiger charge is 2.50. The number of carbonyl (C=O) groups is 3. The van der Waals surface area contributed by atoms with Crippen molar-refractivity contribution in [3.05, 3.63) is 82.7 Å². The van der Waals surface area contributed by atoms with Gasteiger partial charge < -0.3 is 54.9 Å². The number of aromatic hydroxyl groups is 4. The second-order valence-electron chi connectivity index (χ2n) is 18.8. The molecule has 1 amide bonds. The average Bonchev–Trinajstić information content (AvgIpc) is 3.55. The molecule has 4 aliphatic rings. The summed E-state index contributed by atoms with van der Waals surface area (Å²) in [7, 11) is 1.43. The van der Waals surface area contributed by atoms with Crippen LogP contribution in [0.25, 0.3) is 10.8 Å². The number of allylic oxidation sites excluding steroid dienone is 2. The monoisotopic (exact) mass is 942 g/mol. The van der Waals surface area contributed by atoms with Crippen molar-refractivity contribution >= 4 is 40.3 Å². The van der Waals surface area contributed by atoms with Gasteiger partial charge in [0.1, 0.15) is 29.1 Å². The molecule has 0 spiro atoms. The Morgan fingerprint density at radius 1 is 0.926 bits per heavy atom. The van der Waals surface area contributed by atoms with Crippen LogP contribution < -0.4 is 10.1 Å². The topological polar surface area (TPSA) is 240 Å². The average molecular weight is 943 g/mol. The van der Waals surface area contributed by atoms with Crippen LogP contribution in [-0.4, -0.2) is 127 Å². The van der Waals surface area contributed by atoms with Crippen LogP contribution in [0, 0.1) is 30.6 Å². The molecule has 5 bridgehead atoms. The van der Waals surface area contributed by atoms with E-state index in [0.717, 1.165) is 5.56 Å². The minimum atomic E-state index is -2.08. The fourth-order valence-corrected chi connectivity index (χ4v) is 9.69. The molecular weight excluding hydrogens is 877 g/mol. The first-order valence-electron chi connectivity index (χ1n) is 22.9. The second-order valence-corrected chi connectivity index (χ2v) is 18.8. The number of hydrogen-bond donors (Lipinski definition) is 7. The number of esters is 1. The number of hydrazone groups is 1. The van der Waals surface area contributed by atoms with Crippen molar-refractivity contribution in [2.75, 3.05) is 25.5 Å². The number of nitrogens with one attached hydrogen (secondary N) is 1. The van der Waals surface area contributed by atoms with Crippen LogP contribution >= 0.6 is 0 Å². The van der Waals surface area contributed by atoms with Gasteiger partial charge in [-0.3, -0.25) is 24.3 Å². The minimum Gasteiger partial charge on any atom is -0.508 e. The standard InChI is InChI=1S/C51H66N4O13/c1-25-14-12-15-26(2)50(64)53-41-36(21-52-55-27(3)22-54(23-28(55)4)24-34-16-13-17-35(57)20-34)45(61)38-39(46(41)62)44(60)32(8)48-40(38)49(63)51(10,68-48)66-19-18-37(65-11)29(5)47(67-33(9)56)31(7)43(59)30(6)42(25)58/h12-21,25,27-31,37,42-43,47,57-62H,22-24H2,1-11H3,(H,53,64)/b14-12+,19-18+,26-15-,52-21+/t25-,27?,28?,29+,30+,31+,37-,42-,43+,47+,51-/m0/s1. The summed E-state index contributed by atoms with van der Waals surface area (Å²) in [6.07, 6.45) is 4.77. The molecule has 7 N–H and O–H groups in total. The van der Waals surface area contributed by atoms with Crippen molar-refractivity contribution in [3.8, 4) is 28.7 Å². The molecule has 1 saturated heterocycles. The maximum Gasteiger partial charge on any atom is 0.312 e. The molecule has 1 fully saturated rings. The minimum absolute atomic E-state index is 0.0363. The van der Waals surface area contributed by atoms with E-state index in [1.165, 1.54) is 59.4 Å². The van der Waals surface area contributed by atoms with E-state index in [-0.39, 0.29) is 62.3 Å². The van der Waals surface area contributed by atoms with Gasteiger partial charge in [0.05, 0.1) is 65.1 Å². The molecule has 4 aliphatic heterocycles. The van der Waals surface area contributed by atoms with Crippen molar-refractivity contribution in [1.82, 2.24) is 9.91 Å². The van der Waals surface area contributed by atoms with E-state index >= 15 is 0 Å². The van der Waals surface area contributed by atoms with Gasteiger partial charge in [0.25, 0.3) is 11.7 Å². The van der Waals surface area contributed by atoms with E-state index in [2.05, 4.69) is 10.2 Å². The van der Waals surface area contributed by atoms with Gasteiger partial charge in [0.15, 0.2) is 5.75 Å². The van der Waals surface area contributed by atoms with E-state index in [4.69, 9.17) is 24.0 Å². The van der Waals surface area contributed by atoms with Gasteiger partial charge in [-0.1, -0.05) is 58.1 Å². The molecule has 17 heteroatoms. The molecule has 11 atom stereocenters. The van der Waals surface area contributed by atoms with E-state index in [1.807, 2.05) is 24.9 Å². The Labute approximate surface area is 396 Å². The summed E-state index contributed by atoms with van der Waals surface area (Å²) < 4.78 is 23.8. The largest absolute Gasteiger partial charge is 0.508 e. The lowest BCUT2D eigenvalue weighted by Gasteiger charge is -2.42. The van der Waals surface area contributed by atoms with Crippen LogP contribution in [-0.2, 0) is 30.3 Å². The summed E-state index contributed by atoms with van der Waals surface area (Å²) in [5, 5.41) is 78.1. The molecule has 0 saturated carbocycles. The predicted molar refractivity (Wildman–Crippen MR) is 256 cm³/mol. The Morgan fingerprint density at radius 2 is 1.60 bits per heavy atom. The lowest BCUT2D eigenvalue weighted by molar-refractivity contribution is -0.160. The van der Waals surface area contributed by atoms with E-state index in [0.29, 0.717) is 19.6 Å². The Balaban J connectivity index is 1.48. The number of nitrogens with zero attached hydrogens (tertiary/aromatic N) is 3. The summed E-state index contributed by atoms with van der Waals surface area (Å²) in [5.74, 6) is -8.45. The first kappa shape index (κ1) is 51.3. The number of rotatable bonds is 6. The molecule has 0 radical (unpaired) electrons. The second kappa shape index (κ2) is 20.6. The summed E-state index contributed by atoms with van der Waals surface area (Å²) in [6.45, 7) is 18.2. The highest BCUT2D eigenvalue weighted by Crippen LogP contribution is 2.55. The molecule has 0 aliphatic carbocycles. The Morgan fingerprint density at radius 3 is 2.24 bits per heavy atom. The van der Waals surface area contributed by atoms with Gasteiger partial charge in [0, 0.05) is 80.8 Å². The quantitative estimate of drug-likeness (QED) is 0.0614. The summed E-state index contributed by atoms with van der Waals surface area (Å²) in [6, 6.07) is 6.72. The van der Waals surface area contributed by atoms with E-state index in [9.17, 15) is 45.0 Å². The third-order valence-corrected chi connectivity index (χ3v) is 13.6. The maximum absolute atomic E-state index is 14.6. The predicted octanol–water partition coefficient (Wildman–Crippen LogP) is 6.39. The summed E-state index contributed by atoms with van der Waals surface area (Å²) in [4.78, 5) is 43.3. The van der Waals surface area contributed by atoms with Crippen LogP contribution in [0.3, 0.4) is 0 Å². The number of Topliss-reactive ketones (excluding diaryl/α,β-unsaturated/α-hetero) is 1. The third kappa shape index (κ3) is 10.2. The zero-order chi connectivity index (χ0) is 50.1. The molecule has 3 aromatic rings. The van der Waals surface area contributed by atoms with Crippen LogP contribution in [0.4, 0.5) is 5.69 Å². The fraction of sp³-hybridized carbons (Fsp3) is 0.490. The maximum atomic E-state index is 14.6. The molecule has 4 heterocycles. The van der Waals surface area contributed by atoms with E-state index < -0.39 is 88.8 Å². The smallest absolute Gasteiger partial charge is 0.312 e. The van der Waals surface area contributed by atoms with Gasteiger partial charge in [-0.15, -0.1) is 0 Å². The van der Waals surface area contributed by atoms with Crippen molar-refractivity contribution in [1.29, 1.82) is 0 Å². The molecule has 3 aromatic carbocycles. The van der Waals surface area contributed by atoms with E-state index in [1.54, 1.807) is 58.0 Å². The molecular formula is C51H66N4O13. The number of methoxy groups -OCH3 is 1.